The SMILES string of the molecule is Nc1cc(CCCNCc2cscn2)nn1-c1ccccc1. The highest BCUT2D eigenvalue weighted by Crippen LogP contribution is 2.14. The Morgan fingerprint density at radius 1 is 1.18 bits per heavy atom. The van der Waals surface area contributed by atoms with E-state index in [2.05, 4.69) is 20.8 Å². The lowest BCUT2D eigenvalue weighted by molar-refractivity contribution is 0.636. The van der Waals surface area contributed by atoms with Crippen molar-refractivity contribution in [3.63, 3.8) is 0 Å². The first-order chi connectivity index (χ1) is 10.8. The molecule has 22 heavy (non-hydrogen) atoms. The lowest BCUT2D eigenvalue weighted by Crippen LogP contribution is -2.15. The maximum atomic E-state index is 6.05. The fourth-order valence-corrected chi connectivity index (χ4v) is 2.84. The molecule has 3 N–H and O–H groups in total. The maximum Gasteiger partial charge on any atom is 0.127 e. The summed E-state index contributed by atoms with van der Waals surface area (Å²) in [5.41, 5.74) is 11.0. The molecule has 0 atom stereocenters. The van der Waals surface area contributed by atoms with Crippen LogP contribution < -0.4 is 11.1 Å². The van der Waals surface area contributed by atoms with Gasteiger partial charge < -0.3 is 11.1 Å². The molecule has 2 aromatic heterocycles. The Kier molecular flexibility index (Phi) is 4.82. The second kappa shape index (κ2) is 7.20. The average molecular weight is 313 g/mol. The Morgan fingerprint density at radius 3 is 2.82 bits per heavy atom. The third-order valence-electron chi connectivity index (χ3n) is 3.36. The van der Waals surface area contributed by atoms with Gasteiger partial charge in [-0.1, -0.05) is 18.2 Å². The molecule has 0 aliphatic rings. The van der Waals surface area contributed by atoms with Crippen LogP contribution in [0, 0.1) is 0 Å². The van der Waals surface area contributed by atoms with Crippen LogP contribution in [-0.2, 0) is 13.0 Å². The van der Waals surface area contributed by atoms with Crippen LogP contribution in [0.2, 0.25) is 0 Å². The van der Waals surface area contributed by atoms with Gasteiger partial charge in [-0.05, 0) is 31.5 Å². The van der Waals surface area contributed by atoms with Crippen molar-refractivity contribution in [3.8, 4) is 5.69 Å². The number of nitrogens with zero attached hydrogens (tertiary/aromatic N) is 3. The van der Waals surface area contributed by atoms with Crippen molar-refractivity contribution in [2.75, 3.05) is 12.3 Å². The van der Waals surface area contributed by atoms with Crippen molar-refractivity contribution in [1.82, 2.24) is 20.1 Å². The number of nitrogen functional groups attached to an aromatic ring is 1. The van der Waals surface area contributed by atoms with Crippen molar-refractivity contribution in [3.05, 3.63) is 58.7 Å². The predicted octanol–water partition coefficient (Wildman–Crippen LogP) is 2.63. The zero-order chi connectivity index (χ0) is 15.2. The second-order valence-electron chi connectivity index (χ2n) is 5.07. The van der Waals surface area contributed by atoms with Gasteiger partial charge in [-0.25, -0.2) is 9.67 Å². The van der Waals surface area contributed by atoms with E-state index in [1.54, 1.807) is 16.0 Å². The molecule has 0 radical (unpaired) electrons. The molecule has 3 rings (SSSR count). The van der Waals surface area contributed by atoms with Crippen LogP contribution in [0.5, 0.6) is 0 Å². The van der Waals surface area contributed by atoms with Gasteiger partial charge in [-0.3, -0.25) is 0 Å². The lowest BCUT2D eigenvalue weighted by atomic mass is 10.2. The van der Waals surface area contributed by atoms with Gasteiger partial charge in [0.1, 0.15) is 5.82 Å². The van der Waals surface area contributed by atoms with Crippen LogP contribution in [0.3, 0.4) is 0 Å². The van der Waals surface area contributed by atoms with Gasteiger partial charge in [0.25, 0.3) is 0 Å². The standard InChI is InChI=1S/C16H19N5S/c17-16-9-13(20-21(16)15-6-2-1-3-7-15)5-4-8-18-10-14-11-22-12-19-14/h1-3,6-7,9,11-12,18H,4-5,8,10,17H2. The summed E-state index contributed by atoms with van der Waals surface area (Å²) >= 11 is 1.62. The molecule has 1 aromatic carbocycles. The number of rotatable bonds is 7. The number of anilines is 1. The second-order valence-corrected chi connectivity index (χ2v) is 5.79. The molecule has 0 aliphatic carbocycles. The van der Waals surface area contributed by atoms with Gasteiger partial charge in [0.2, 0.25) is 0 Å². The van der Waals surface area contributed by atoms with Crippen LogP contribution in [0.1, 0.15) is 17.8 Å². The largest absolute Gasteiger partial charge is 0.384 e. The van der Waals surface area contributed by atoms with E-state index in [0.29, 0.717) is 5.82 Å². The summed E-state index contributed by atoms with van der Waals surface area (Å²) in [7, 11) is 0. The van der Waals surface area contributed by atoms with Crippen molar-refractivity contribution in [2.24, 2.45) is 0 Å². The molecule has 2 heterocycles. The van der Waals surface area contributed by atoms with E-state index in [-0.39, 0.29) is 0 Å². The molecule has 0 bridgehead atoms. The number of hydrogen-bond donors (Lipinski definition) is 2. The van der Waals surface area contributed by atoms with Gasteiger partial charge >= 0.3 is 0 Å². The van der Waals surface area contributed by atoms with E-state index in [0.717, 1.165) is 43.0 Å². The number of hydrogen-bond acceptors (Lipinski definition) is 5. The first-order valence-corrected chi connectivity index (χ1v) is 8.25. The fraction of sp³-hybridized carbons (Fsp3) is 0.250. The number of nitrogens with two attached hydrogens (primary N) is 1. The van der Waals surface area contributed by atoms with E-state index in [4.69, 9.17) is 5.73 Å². The quantitative estimate of drug-likeness (QED) is 0.658. The van der Waals surface area contributed by atoms with Gasteiger partial charge in [-0.15, -0.1) is 11.3 Å². The van der Waals surface area contributed by atoms with Crippen LogP contribution in [-0.4, -0.2) is 21.3 Å². The molecule has 5 nitrogen and oxygen atoms in total. The fourth-order valence-electron chi connectivity index (χ4n) is 2.28. The van der Waals surface area contributed by atoms with Crippen LogP contribution in [0.4, 0.5) is 5.82 Å². The molecule has 0 amide bonds. The van der Waals surface area contributed by atoms with E-state index in [1.807, 2.05) is 41.9 Å². The summed E-state index contributed by atoms with van der Waals surface area (Å²) < 4.78 is 1.79. The Bertz CT molecular complexity index is 691. The van der Waals surface area contributed by atoms with Crippen LogP contribution in [0.15, 0.2) is 47.3 Å². The summed E-state index contributed by atoms with van der Waals surface area (Å²) in [6.45, 7) is 1.76. The number of aryl methyl sites for hydroxylation is 1. The third kappa shape index (κ3) is 3.72. The van der Waals surface area contributed by atoms with Crippen molar-refractivity contribution >= 4 is 17.2 Å². The monoisotopic (exact) mass is 313 g/mol. The van der Waals surface area contributed by atoms with Crippen LogP contribution >= 0.6 is 11.3 Å². The molecular formula is C16H19N5S. The van der Waals surface area contributed by atoms with Crippen molar-refractivity contribution in [1.29, 1.82) is 0 Å². The molecule has 0 saturated heterocycles. The number of aromatic nitrogens is 3. The highest BCUT2D eigenvalue weighted by molar-refractivity contribution is 7.07. The van der Waals surface area contributed by atoms with Gasteiger partial charge in [0.15, 0.2) is 0 Å². The maximum absolute atomic E-state index is 6.05. The Morgan fingerprint density at radius 2 is 2.05 bits per heavy atom. The van der Waals surface area contributed by atoms with E-state index >= 15 is 0 Å². The first-order valence-electron chi connectivity index (χ1n) is 7.30. The lowest BCUT2D eigenvalue weighted by Gasteiger charge is -2.03. The molecule has 0 unspecified atom stereocenters. The Balaban J connectivity index is 1.49. The smallest absolute Gasteiger partial charge is 0.127 e. The highest BCUT2D eigenvalue weighted by atomic mass is 32.1. The predicted molar refractivity (Wildman–Crippen MR) is 90.1 cm³/mol. The number of thiazole rings is 1. The van der Waals surface area contributed by atoms with E-state index in [1.165, 1.54) is 0 Å². The number of nitrogens with one attached hydrogen (secondary N) is 1. The van der Waals surface area contributed by atoms with Crippen molar-refractivity contribution < 1.29 is 0 Å². The topological polar surface area (TPSA) is 68.8 Å². The van der Waals surface area contributed by atoms with Gasteiger partial charge in [0, 0.05) is 18.0 Å². The molecule has 0 spiro atoms. The van der Waals surface area contributed by atoms with Gasteiger partial charge in [-0.2, -0.15) is 5.10 Å². The molecular weight excluding hydrogens is 294 g/mol. The van der Waals surface area contributed by atoms with Crippen molar-refractivity contribution in [2.45, 2.75) is 19.4 Å². The summed E-state index contributed by atoms with van der Waals surface area (Å²) in [6.07, 6.45) is 1.93. The minimum absolute atomic E-state index is 0.677. The molecule has 0 aliphatic heterocycles. The molecule has 114 valence electrons. The molecule has 6 heteroatoms. The number of benzene rings is 1. The number of para-hydroxylation sites is 1. The third-order valence-corrected chi connectivity index (χ3v) is 4.00. The average Bonchev–Trinajstić information content (AvgIpc) is 3.17. The minimum Gasteiger partial charge on any atom is -0.384 e. The minimum atomic E-state index is 0.677. The normalized spacial score (nSPS) is 10.9. The molecule has 0 saturated carbocycles. The summed E-state index contributed by atoms with van der Waals surface area (Å²) in [6, 6.07) is 11.9. The summed E-state index contributed by atoms with van der Waals surface area (Å²) in [5.74, 6) is 0.677. The molecule has 0 fully saturated rings. The zero-order valence-corrected chi connectivity index (χ0v) is 13.1. The Hall–Kier alpha value is -2.18. The van der Waals surface area contributed by atoms with Crippen LogP contribution in [0.25, 0.3) is 5.69 Å². The highest BCUT2D eigenvalue weighted by Gasteiger charge is 2.06. The molecule has 3 aromatic rings. The summed E-state index contributed by atoms with van der Waals surface area (Å²) in [4.78, 5) is 4.24. The van der Waals surface area contributed by atoms with E-state index < -0.39 is 0 Å². The summed E-state index contributed by atoms with van der Waals surface area (Å²) in [5, 5.41) is 10.0. The van der Waals surface area contributed by atoms with E-state index in [9.17, 15) is 0 Å². The zero-order valence-electron chi connectivity index (χ0n) is 12.3. The first kappa shape index (κ1) is 14.7. The Labute approximate surface area is 133 Å². The van der Waals surface area contributed by atoms with Gasteiger partial charge in [0.05, 0.1) is 22.6 Å².